The largest absolute Gasteiger partial charge is 0.756 e. The minimum absolute atomic E-state index is 0.00821. The number of nitrogens with one attached hydrogen (secondary N) is 1. The van der Waals surface area contributed by atoms with Crippen LogP contribution in [0.4, 0.5) is 0 Å². The van der Waals surface area contributed by atoms with Crippen molar-refractivity contribution < 1.29 is 32.9 Å². The zero-order valence-corrected chi connectivity index (χ0v) is 47.6. The number of hydrogen-bond acceptors (Lipinski definition) is 6. The number of carbonyl (C=O) groups is 1. The number of quaternary nitrogens is 1. The lowest BCUT2D eigenvalue weighted by atomic mass is 10.0. The number of allylic oxidation sites excluding steroid dienone is 9. The molecule has 0 rings (SSSR count). The molecule has 3 atom stereocenters. The summed E-state index contributed by atoms with van der Waals surface area (Å²) < 4.78 is 23.3. The molecule has 0 saturated carbocycles. The van der Waals surface area contributed by atoms with Gasteiger partial charge in [0.2, 0.25) is 5.91 Å². The van der Waals surface area contributed by atoms with Crippen LogP contribution in [-0.4, -0.2) is 68.5 Å². The Labute approximate surface area is 434 Å². The highest BCUT2D eigenvalue weighted by molar-refractivity contribution is 7.45. The molecule has 0 aliphatic rings. The number of unbranched alkanes of at least 4 members (excludes halogenated alkanes) is 33. The molecule has 0 aliphatic carbocycles. The van der Waals surface area contributed by atoms with Gasteiger partial charge >= 0.3 is 0 Å². The van der Waals surface area contributed by atoms with Gasteiger partial charge in [0, 0.05) is 6.42 Å². The van der Waals surface area contributed by atoms with E-state index in [1.807, 2.05) is 27.2 Å². The molecule has 3 unspecified atom stereocenters. The lowest BCUT2D eigenvalue weighted by molar-refractivity contribution is -0.870. The van der Waals surface area contributed by atoms with Crippen LogP contribution in [0.5, 0.6) is 0 Å². The van der Waals surface area contributed by atoms with Crippen LogP contribution < -0.4 is 10.2 Å². The maximum absolute atomic E-state index is 12.9. The van der Waals surface area contributed by atoms with Gasteiger partial charge in [-0.3, -0.25) is 9.36 Å². The number of phosphoric acid groups is 1. The first kappa shape index (κ1) is 68.2. The van der Waals surface area contributed by atoms with Gasteiger partial charge in [-0.25, -0.2) is 0 Å². The second-order valence-electron chi connectivity index (χ2n) is 21.3. The topological polar surface area (TPSA) is 108 Å². The standard InChI is InChI=1S/C61H115N2O6P/c1-6-8-10-12-14-16-18-20-22-24-25-26-27-28-29-30-31-32-33-34-35-36-37-39-40-42-44-46-48-50-52-54-60(64)59(58-69-70(66,67)68-57-56-63(3,4)5)62-61(65)55-53-51-49-47-45-43-41-38-23-21-19-17-15-13-11-9-7-2/h9,11,15,17,21,23,41,43,52,54,59-60,64H,6-8,10,12-14,16,18-20,22,24-40,42,44-51,53,55-58H2,1-5H3,(H-,62,65,66,67)/b11-9-,17-15-,23-21-,43-41-,54-52+. The van der Waals surface area contributed by atoms with E-state index in [2.05, 4.69) is 67.8 Å². The second-order valence-corrected chi connectivity index (χ2v) is 22.7. The molecule has 0 heterocycles. The van der Waals surface area contributed by atoms with Crippen LogP contribution in [0.1, 0.15) is 271 Å². The summed E-state index contributed by atoms with van der Waals surface area (Å²) in [4.78, 5) is 25.5. The molecule has 9 heteroatoms. The third kappa shape index (κ3) is 54.0. The van der Waals surface area contributed by atoms with Crippen LogP contribution in [-0.2, 0) is 18.4 Å². The average Bonchev–Trinajstić information content (AvgIpc) is 3.32. The van der Waals surface area contributed by atoms with Crippen molar-refractivity contribution in [1.29, 1.82) is 0 Å². The number of aliphatic hydroxyl groups is 1. The molecule has 70 heavy (non-hydrogen) atoms. The van der Waals surface area contributed by atoms with Crippen molar-refractivity contribution in [3.05, 3.63) is 60.8 Å². The minimum Gasteiger partial charge on any atom is -0.756 e. The lowest BCUT2D eigenvalue weighted by Crippen LogP contribution is -2.45. The fraction of sp³-hybridized carbons (Fsp3) is 0.820. The highest BCUT2D eigenvalue weighted by Crippen LogP contribution is 2.38. The summed E-state index contributed by atoms with van der Waals surface area (Å²) in [6.07, 6.45) is 70.3. The third-order valence-corrected chi connectivity index (χ3v) is 14.2. The second kappa shape index (κ2) is 52.1. The number of aliphatic hydroxyl groups excluding tert-OH is 1. The molecule has 410 valence electrons. The summed E-state index contributed by atoms with van der Waals surface area (Å²) in [5, 5.41) is 13.9. The molecule has 0 fully saturated rings. The Balaban J connectivity index is 4.14. The summed E-state index contributed by atoms with van der Waals surface area (Å²) >= 11 is 0. The molecule has 0 saturated heterocycles. The van der Waals surface area contributed by atoms with Crippen molar-refractivity contribution >= 4 is 13.7 Å². The molecule has 0 aliphatic heterocycles. The van der Waals surface area contributed by atoms with Crippen LogP contribution in [0.2, 0.25) is 0 Å². The van der Waals surface area contributed by atoms with Crippen LogP contribution in [0.15, 0.2) is 60.8 Å². The molecule has 1 amide bonds. The molecule has 0 spiro atoms. The van der Waals surface area contributed by atoms with Crippen LogP contribution in [0, 0.1) is 0 Å². The number of phosphoric ester groups is 1. The fourth-order valence-electron chi connectivity index (χ4n) is 8.62. The predicted molar refractivity (Wildman–Crippen MR) is 302 cm³/mol. The molecule has 2 N–H and O–H groups in total. The Bertz CT molecular complexity index is 1320. The molecule has 0 radical (unpaired) electrons. The maximum Gasteiger partial charge on any atom is 0.268 e. The first-order valence-electron chi connectivity index (χ1n) is 29.7. The minimum atomic E-state index is -4.61. The summed E-state index contributed by atoms with van der Waals surface area (Å²) in [6.45, 7) is 4.54. The highest BCUT2D eigenvalue weighted by Gasteiger charge is 2.23. The average molecular weight is 1000 g/mol. The smallest absolute Gasteiger partial charge is 0.268 e. The Hall–Kier alpha value is -1.80. The Morgan fingerprint density at radius 1 is 0.514 bits per heavy atom. The molecule has 0 aromatic rings. The quantitative estimate of drug-likeness (QED) is 0.0272. The number of hydrogen-bond donors (Lipinski definition) is 2. The molecular weight excluding hydrogens is 888 g/mol. The van der Waals surface area contributed by atoms with E-state index < -0.39 is 26.6 Å². The van der Waals surface area contributed by atoms with Crippen molar-refractivity contribution in [2.45, 2.75) is 283 Å². The van der Waals surface area contributed by atoms with E-state index in [9.17, 15) is 19.4 Å². The van der Waals surface area contributed by atoms with E-state index in [1.54, 1.807) is 6.08 Å². The molecule has 0 aromatic carbocycles. The Kier molecular flexibility index (Phi) is 50.7. The zero-order valence-electron chi connectivity index (χ0n) is 46.7. The zero-order chi connectivity index (χ0) is 51.3. The molecule has 8 nitrogen and oxygen atoms in total. The first-order valence-corrected chi connectivity index (χ1v) is 31.1. The van der Waals surface area contributed by atoms with E-state index in [1.165, 1.54) is 173 Å². The van der Waals surface area contributed by atoms with Gasteiger partial charge in [-0.1, -0.05) is 267 Å². The lowest BCUT2D eigenvalue weighted by Gasteiger charge is -2.29. The number of rotatable bonds is 54. The van der Waals surface area contributed by atoms with Crippen molar-refractivity contribution in [3.8, 4) is 0 Å². The van der Waals surface area contributed by atoms with Crippen molar-refractivity contribution in [2.24, 2.45) is 0 Å². The Morgan fingerprint density at radius 2 is 0.871 bits per heavy atom. The number of amides is 1. The number of likely N-dealkylation sites (N-methyl/N-ethyl adjacent to an activating group) is 1. The van der Waals surface area contributed by atoms with Gasteiger partial charge in [0.1, 0.15) is 13.2 Å². The van der Waals surface area contributed by atoms with Gasteiger partial charge in [-0.05, 0) is 57.8 Å². The van der Waals surface area contributed by atoms with Gasteiger partial charge in [-0.15, -0.1) is 0 Å². The van der Waals surface area contributed by atoms with Crippen LogP contribution in [0.25, 0.3) is 0 Å². The van der Waals surface area contributed by atoms with Gasteiger partial charge in [-0.2, -0.15) is 0 Å². The third-order valence-electron chi connectivity index (χ3n) is 13.2. The van der Waals surface area contributed by atoms with E-state index >= 15 is 0 Å². The maximum atomic E-state index is 12.9. The highest BCUT2D eigenvalue weighted by atomic mass is 31.2. The predicted octanol–water partition coefficient (Wildman–Crippen LogP) is 17.5. The number of nitrogens with zero attached hydrogens (tertiary/aromatic N) is 1. The molecular formula is C61H115N2O6P. The monoisotopic (exact) mass is 1000 g/mol. The normalized spacial score (nSPS) is 14.3. The van der Waals surface area contributed by atoms with E-state index in [0.29, 0.717) is 17.4 Å². The fourth-order valence-corrected chi connectivity index (χ4v) is 9.34. The van der Waals surface area contributed by atoms with Gasteiger partial charge in [0.15, 0.2) is 0 Å². The van der Waals surface area contributed by atoms with Crippen LogP contribution >= 0.6 is 7.82 Å². The van der Waals surface area contributed by atoms with Gasteiger partial charge in [0.25, 0.3) is 7.82 Å². The Morgan fingerprint density at radius 3 is 1.27 bits per heavy atom. The first-order chi connectivity index (χ1) is 34.0. The molecule has 0 bridgehead atoms. The van der Waals surface area contributed by atoms with E-state index in [0.717, 1.165) is 77.0 Å². The van der Waals surface area contributed by atoms with Gasteiger partial charge < -0.3 is 28.8 Å². The number of carbonyl (C=O) groups excluding carboxylic acids is 1. The molecule has 0 aromatic heterocycles. The summed E-state index contributed by atoms with van der Waals surface area (Å²) in [6, 6.07) is -0.903. The van der Waals surface area contributed by atoms with Crippen LogP contribution in [0.3, 0.4) is 0 Å². The van der Waals surface area contributed by atoms with E-state index in [4.69, 9.17) is 9.05 Å². The van der Waals surface area contributed by atoms with Crippen molar-refractivity contribution in [2.75, 3.05) is 40.9 Å². The summed E-state index contributed by atoms with van der Waals surface area (Å²) in [5.74, 6) is -0.220. The van der Waals surface area contributed by atoms with Gasteiger partial charge in [0.05, 0.1) is 39.9 Å². The van der Waals surface area contributed by atoms with E-state index in [-0.39, 0.29) is 12.5 Å². The van der Waals surface area contributed by atoms with Crippen molar-refractivity contribution in [1.82, 2.24) is 5.32 Å². The van der Waals surface area contributed by atoms with Crippen molar-refractivity contribution in [3.63, 3.8) is 0 Å². The SMILES string of the molecule is CC/C=C\C/C=C\C/C=C\C/C=C\CCCCCCC(=O)NC(COP(=O)([O-])OCC[N+](C)(C)C)C(O)/C=C/CCCCCCCCCCCCCCCCCCCCCCCCCCCCCCC. The summed E-state index contributed by atoms with van der Waals surface area (Å²) in [5.41, 5.74) is 0. The summed E-state index contributed by atoms with van der Waals surface area (Å²) in [7, 11) is 1.24.